The summed E-state index contributed by atoms with van der Waals surface area (Å²) < 4.78 is 1.90. The van der Waals surface area contributed by atoms with Gasteiger partial charge in [0.05, 0.1) is 17.5 Å². The summed E-state index contributed by atoms with van der Waals surface area (Å²) in [7, 11) is 0. The van der Waals surface area contributed by atoms with Crippen molar-refractivity contribution < 1.29 is 10.2 Å². The fraction of sp³-hybridized carbons (Fsp3) is 0.368. The Morgan fingerprint density at radius 2 is 1.93 bits per heavy atom. The summed E-state index contributed by atoms with van der Waals surface area (Å²) >= 11 is 5.98. The topological polar surface area (TPSA) is 109 Å². The molecule has 0 radical (unpaired) electrons. The van der Waals surface area contributed by atoms with Gasteiger partial charge < -0.3 is 20.2 Å². The highest BCUT2D eigenvalue weighted by molar-refractivity contribution is 6.30. The summed E-state index contributed by atoms with van der Waals surface area (Å²) in [5, 5.41) is 22.9. The standard InChI is InChI=1S/C19H22ClN5O2/c1-10(11-2-4-12(20)5-3-11)14-8-15(17(27)16(14)26)25-7-6-13-18(24-21)22-9-23-19(13)25/h2-7,9-10,14-17,26-27H,8,21H2,1H3,(H,22,23,24)/t10?,14-,15-,16-,17+/m1/s1. The van der Waals surface area contributed by atoms with E-state index in [9.17, 15) is 10.2 Å². The van der Waals surface area contributed by atoms with Crippen LogP contribution in [0.2, 0.25) is 5.02 Å². The summed E-state index contributed by atoms with van der Waals surface area (Å²) in [6.45, 7) is 2.07. The van der Waals surface area contributed by atoms with Crippen LogP contribution >= 0.6 is 11.6 Å². The molecular weight excluding hydrogens is 366 g/mol. The van der Waals surface area contributed by atoms with Gasteiger partial charge in [0.2, 0.25) is 0 Å². The summed E-state index contributed by atoms with van der Waals surface area (Å²) in [5.74, 6) is 6.04. The van der Waals surface area contributed by atoms with Crippen LogP contribution in [0, 0.1) is 5.92 Å². The summed E-state index contributed by atoms with van der Waals surface area (Å²) in [4.78, 5) is 8.45. The summed E-state index contributed by atoms with van der Waals surface area (Å²) in [6.07, 6.45) is 2.21. The summed E-state index contributed by atoms with van der Waals surface area (Å²) in [6, 6.07) is 9.21. The maximum Gasteiger partial charge on any atom is 0.152 e. The van der Waals surface area contributed by atoms with Gasteiger partial charge in [-0.2, -0.15) is 0 Å². The van der Waals surface area contributed by atoms with Gasteiger partial charge in [-0.25, -0.2) is 15.8 Å². The van der Waals surface area contributed by atoms with Crippen molar-refractivity contribution in [2.45, 2.75) is 37.5 Å². The highest BCUT2D eigenvalue weighted by Gasteiger charge is 2.45. The first kappa shape index (κ1) is 18.2. The molecule has 0 bridgehead atoms. The quantitative estimate of drug-likeness (QED) is 0.404. The third-order valence-electron chi connectivity index (χ3n) is 5.74. The fourth-order valence-electron chi connectivity index (χ4n) is 4.18. The van der Waals surface area contributed by atoms with Crippen LogP contribution in [0.25, 0.3) is 11.0 Å². The maximum absolute atomic E-state index is 10.7. The second kappa shape index (κ2) is 7.09. The molecule has 4 rings (SSSR count). The molecule has 1 aliphatic carbocycles. The molecule has 1 aromatic carbocycles. The normalized spacial score (nSPS) is 26.4. The molecule has 1 unspecified atom stereocenters. The minimum absolute atomic E-state index is 0.0784. The van der Waals surface area contributed by atoms with Crippen LogP contribution in [0.4, 0.5) is 5.82 Å². The first-order valence-electron chi connectivity index (χ1n) is 8.91. The molecule has 0 amide bonds. The second-order valence-electron chi connectivity index (χ2n) is 7.12. The van der Waals surface area contributed by atoms with Crippen LogP contribution in [-0.2, 0) is 0 Å². The number of hydrogen-bond acceptors (Lipinski definition) is 6. The van der Waals surface area contributed by atoms with Crippen LogP contribution in [0.15, 0.2) is 42.9 Å². The summed E-state index contributed by atoms with van der Waals surface area (Å²) in [5.41, 5.74) is 4.32. The molecule has 5 atom stereocenters. The number of aliphatic hydroxyl groups excluding tert-OH is 2. The number of halogens is 1. The Bertz CT molecular complexity index is 945. The van der Waals surface area contributed by atoms with Crippen LogP contribution in [0.3, 0.4) is 0 Å². The predicted molar refractivity (Wildman–Crippen MR) is 104 cm³/mol. The fourth-order valence-corrected chi connectivity index (χ4v) is 4.31. The molecule has 2 aromatic heterocycles. The lowest BCUT2D eigenvalue weighted by Crippen LogP contribution is -2.31. The van der Waals surface area contributed by atoms with E-state index in [1.807, 2.05) is 41.1 Å². The van der Waals surface area contributed by atoms with Gasteiger partial charge in [0.1, 0.15) is 18.1 Å². The Morgan fingerprint density at radius 3 is 2.63 bits per heavy atom. The molecule has 1 fully saturated rings. The number of nitrogen functional groups attached to an aromatic ring is 1. The zero-order chi connectivity index (χ0) is 19.1. The lowest BCUT2D eigenvalue weighted by Gasteiger charge is -2.23. The number of aromatic nitrogens is 3. The van der Waals surface area contributed by atoms with Crippen LogP contribution in [0.1, 0.15) is 30.9 Å². The average molecular weight is 388 g/mol. The average Bonchev–Trinajstić information content (AvgIpc) is 3.23. The maximum atomic E-state index is 10.7. The molecule has 1 saturated carbocycles. The van der Waals surface area contributed by atoms with Gasteiger partial charge in [0.15, 0.2) is 5.82 Å². The zero-order valence-corrected chi connectivity index (χ0v) is 15.6. The highest BCUT2D eigenvalue weighted by atomic mass is 35.5. The van der Waals surface area contributed by atoms with Gasteiger partial charge in [-0.05, 0) is 42.0 Å². The Hall–Kier alpha value is -2.19. The van der Waals surface area contributed by atoms with E-state index in [1.54, 1.807) is 0 Å². The lowest BCUT2D eigenvalue weighted by molar-refractivity contribution is 0.00292. The molecule has 0 spiro atoms. The number of nitrogens with one attached hydrogen (secondary N) is 1. The number of hydrogen-bond donors (Lipinski definition) is 4. The molecule has 3 aromatic rings. The smallest absolute Gasteiger partial charge is 0.152 e. The minimum Gasteiger partial charge on any atom is -0.390 e. The van der Waals surface area contributed by atoms with Gasteiger partial charge in [0, 0.05) is 11.2 Å². The lowest BCUT2D eigenvalue weighted by atomic mass is 9.85. The van der Waals surface area contributed by atoms with E-state index in [0.29, 0.717) is 22.9 Å². The number of nitrogens with two attached hydrogens (primary N) is 1. The van der Waals surface area contributed by atoms with Crippen molar-refractivity contribution in [3.63, 3.8) is 0 Å². The van der Waals surface area contributed by atoms with Crippen molar-refractivity contribution in [2.24, 2.45) is 11.8 Å². The molecule has 142 valence electrons. The van der Waals surface area contributed by atoms with E-state index >= 15 is 0 Å². The van der Waals surface area contributed by atoms with E-state index in [1.165, 1.54) is 6.33 Å². The van der Waals surface area contributed by atoms with E-state index in [2.05, 4.69) is 22.3 Å². The van der Waals surface area contributed by atoms with Gasteiger partial charge in [-0.15, -0.1) is 0 Å². The first-order valence-corrected chi connectivity index (χ1v) is 9.28. The van der Waals surface area contributed by atoms with E-state index < -0.39 is 12.2 Å². The second-order valence-corrected chi connectivity index (χ2v) is 7.55. The molecular formula is C19H22ClN5O2. The number of nitrogens with zero attached hydrogens (tertiary/aromatic N) is 3. The Morgan fingerprint density at radius 1 is 1.19 bits per heavy atom. The number of rotatable bonds is 4. The van der Waals surface area contributed by atoms with Gasteiger partial charge >= 0.3 is 0 Å². The molecule has 1 aliphatic rings. The number of hydrazine groups is 1. The third kappa shape index (κ3) is 3.06. The van der Waals surface area contributed by atoms with Crippen molar-refractivity contribution in [2.75, 3.05) is 5.43 Å². The number of fused-ring (bicyclic) bond motifs is 1. The number of anilines is 1. The van der Waals surface area contributed by atoms with E-state index in [-0.39, 0.29) is 17.9 Å². The van der Waals surface area contributed by atoms with Crippen LogP contribution in [0.5, 0.6) is 0 Å². The van der Waals surface area contributed by atoms with Crippen molar-refractivity contribution in [3.8, 4) is 0 Å². The number of benzene rings is 1. The van der Waals surface area contributed by atoms with E-state index in [4.69, 9.17) is 17.4 Å². The van der Waals surface area contributed by atoms with Crippen molar-refractivity contribution >= 4 is 28.5 Å². The Labute approximate surface area is 161 Å². The largest absolute Gasteiger partial charge is 0.390 e. The van der Waals surface area contributed by atoms with Gasteiger partial charge in [-0.1, -0.05) is 30.7 Å². The number of aliphatic hydroxyl groups is 2. The van der Waals surface area contributed by atoms with Gasteiger partial charge in [-0.3, -0.25) is 0 Å². The van der Waals surface area contributed by atoms with Gasteiger partial charge in [0.25, 0.3) is 0 Å². The Kier molecular flexibility index (Phi) is 4.77. The SMILES string of the molecule is CC(c1ccc(Cl)cc1)[C@H]1C[C@@H](n2ccc3c(NN)ncnc32)[C@H](O)[C@@H]1O. The molecule has 0 aliphatic heterocycles. The molecule has 0 saturated heterocycles. The zero-order valence-electron chi connectivity index (χ0n) is 14.8. The van der Waals surface area contributed by atoms with Crippen molar-refractivity contribution in [1.29, 1.82) is 0 Å². The first-order chi connectivity index (χ1) is 13.0. The minimum atomic E-state index is -0.885. The molecule has 5 N–H and O–H groups in total. The highest BCUT2D eigenvalue weighted by Crippen LogP contribution is 2.44. The Balaban J connectivity index is 1.65. The predicted octanol–water partition coefficient (Wildman–Crippen LogP) is 2.46. The molecule has 2 heterocycles. The molecule has 27 heavy (non-hydrogen) atoms. The van der Waals surface area contributed by atoms with Crippen molar-refractivity contribution in [3.05, 3.63) is 53.4 Å². The monoisotopic (exact) mass is 387 g/mol. The van der Waals surface area contributed by atoms with E-state index in [0.717, 1.165) is 10.9 Å². The third-order valence-corrected chi connectivity index (χ3v) is 5.99. The molecule has 7 nitrogen and oxygen atoms in total. The van der Waals surface area contributed by atoms with Crippen LogP contribution < -0.4 is 11.3 Å². The molecule has 8 heteroatoms. The van der Waals surface area contributed by atoms with Crippen LogP contribution in [-0.4, -0.2) is 37.0 Å². The van der Waals surface area contributed by atoms with Crippen molar-refractivity contribution in [1.82, 2.24) is 14.5 Å².